The molecule has 4 heteroatoms. The first-order valence-corrected chi connectivity index (χ1v) is 6.36. The van der Waals surface area contributed by atoms with E-state index < -0.39 is 0 Å². The number of hydrogen-bond donors (Lipinski definition) is 2. The molecule has 92 valence electrons. The summed E-state index contributed by atoms with van der Waals surface area (Å²) in [5.74, 6) is 1.25. The lowest BCUT2D eigenvalue weighted by atomic mass is 9.99. The lowest BCUT2D eigenvalue weighted by Crippen LogP contribution is -2.45. The van der Waals surface area contributed by atoms with Crippen LogP contribution in [0.1, 0.15) is 26.2 Å². The van der Waals surface area contributed by atoms with Gasteiger partial charge in [0.2, 0.25) is 5.91 Å². The maximum absolute atomic E-state index is 11.9. The van der Waals surface area contributed by atoms with Gasteiger partial charge in [-0.25, -0.2) is 0 Å². The monoisotopic (exact) mass is 226 g/mol. The predicted octanol–water partition coefficient (Wildman–Crippen LogP) is 0.527. The Morgan fingerprint density at radius 2 is 2.12 bits per heavy atom. The van der Waals surface area contributed by atoms with Crippen LogP contribution in [0.5, 0.6) is 0 Å². The second-order valence-corrected chi connectivity index (χ2v) is 5.00. The summed E-state index contributed by atoms with van der Waals surface area (Å²) in [6.45, 7) is 5.61. The van der Waals surface area contributed by atoms with Gasteiger partial charge in [0.25, 0.3) is 0 Å². The third kappa shape index (κ3) is 2.95. The fourth-order valence-electron chi connectivity index (χ4n) is 2.49. The quantitative estimate of drug-likeness (QED) is 0.738. The molecule has 2 heterocycles. The Hall–Kier alpha value is -0.610. The zero-order chi connectivity index (χ0) is 11.4. The van der Waals surface area contributed by atoms with Gasteiger partial charge >= 0.3 is 0 Å². The summed E-state index contributed by atoms with van der Waals surface area (Å²) >= 11 is 0. The van der Waals surface area contributed by atoms with Gasteiger partial charge in [0, 0.05) is 19.8 Å². The Morgan fingerprint density at radius 1 is 1.38 bits per heavy atom. The molecule has 2 N–H and O–H groups in total. The van der Waals surface area contributed by atoms with E-state index in [1.165, 1.54) is 0 Å². The van der Waals surface area contributed by atoms with Gasteiger partial charge in [-0.05, 0) is 37.6 Å². The van der Waals surface area contributed by atoms with E-state index in [0.29, 0.717) is 11.8 Å². The number of carbonyl (C=O) groups excluding carboxylic acids is 1. The highest BCUT2D eigenvalue weighted by molar-refractivity contribution is 5.82. The predicted molar refractivity (Wildman–Crippen MR) is 62.1 cm³/mol. The van der Waals surface area contributed by atoms with Gasteiger partial charge in [-0.1, -0.05) is 6.92 Å². The highest BCUT2D eigenvalue weighted by atomic mass is 16.5. The standard InChI is InChI=1S/C12H22N2O2/c1-9-2-5-13-11(9)12(15)14-8-10-3-6-16-7-4-10/h9-11,13H,2-8H2,1H3,(H,14,15). The highest BCUT2D eigenvalue weighted by Crippen LogP contribution is 2.16. The van der Waals surface area contributed by atoms with Crippen molar-refractivity contribution in [3.63, 3.8) is 0 Å². The first-order chi connectivity index (χ1) is 7.77. The molecule has 2 fully saturated rings. The Balaban J connectivity index is 1.70. The van der Waals surface area contributed by atoms with Crippen LogP contribution >= 0.6 is 0 Å². The van der Waals surface area contributed by atoms with Crippen molar-refractivity contribution >= 4 is 5.91 Å². The van der Waals surface area contributed by atoms with Crippen LogP contribution in [-0.2, 0) is 9.53 Å². The molecule has 0 aromatic heterocycles. The number of hydrogen-bond acceptors (Lipinski definition) is 3. The van der Waals surface area contributed by atoms with Crippen molar-refractivity contribution < 1.29 is 9.53 Å². The van der Waals surface area contributed by atoms with Crippen LogP contribution in [0.2, 0.25) is 0 Å². The highest BCUT2D eigenvalue weighted by Gasteiger charge is 2.29. The molecule has 0 aromatic carbocycles. The first kappa shape index (κ1) is 11.9. The van der Waals surface area contributed by atoms with E-state index in [9.17, 15) is 4.79 Å². The Bertz CT molecular complexity index is 239. The van der Waals surface area contributed by atoms with Crippen LogP contribution in [0.4, 0.5) is 0 Å². The summed E-state index contributed by atoms with van der Waals surface area (Å²) in [5.41, 5.74) is 0. The van der Waals surface area contributed by atoms with Crippen LogP contribution < -0.4 is 10.6 Å². The summed E-state index contributed by atoms with van der Waals surface area (Å²) in [4.78, 5) is 11.9. The van der Waals surface area contributed by atoms with Gasteiger partial charge in [0.05, 0.1) is 6.04 Å². The van der Waals surface area contributed by atoms with E-state index in [-0.39, 0.29) is 11.9 Å². The number of rotatable bonds is 3. The largest absolute Gasteiger partial charge is 0.381 e. The molecular formula is C12H22N2O2. The summed E-state index contributed by atoms with van der Waals surface area (Å²) in [7, 11) is 0. The molecule has 2 atom stereocenters. The summed E-state index contributed by atoms with van der Waals surface area (Å²) in [6, 6.07) is 0.0276. The topological polar surface area (TPSA) is 50.4 Å². The average molecular weight is 226 g/mol. The molecule has 2 rings (SSSR count). The third-order valence-corrected chi connectivity index (χ3v) is 3.72. The van der Waals surface area contributed by atoms with Gasteiger partial charge in [0.15, 0.2) is 0 Å². The van der Waals surface area contributed by atoms with Gasteiger partial charge < -0.3 is 15.4 Å². The van der Waals surface area contributed by atoms with Crippen molar-refractivity contribution in [1.29, 1.82) is 0 Å². The van der Waals surface area contributed by atoms with Crippen molar-refractivity contribution in [2.75, 3.05) is 26.3 Å². The summed E-state index contributed by atoms with van der Waals surface area (Å²) < 4.78 is 5.30. The molecule has 0 aliphatic carbocycles. The molecule has 2 unspecified atom stereocenters. The van der Waals surface area contributed by atoms with E-state index in [1.807, 2.05) is 0 Å². The normalized spacial score (nSPS) is 31.6. The molecule has 0 bridgehead atoms. The van der Waals surface area contributed by atoms with Crippen LogP contribution in [0.15, 0.2) is 0 Å². The van der Waals surface area contributed by atoms with Crippen molar-refractivity contribution in [1.82, 2.24) is 10.6 Å². The Labute approximate surface area is 97.1 Å². The van der Waals surface area contributed by atoms with Crippen LogP contribution in [0.3, 0.4) is 0 Å². The molecule has 0 aromatic rings. The average Bonchev–Trinajstić information content (AvgIpc) is 2.74. The zero-order valence-corrected chi connectivity index (χ0v) is 10.00. The first-order valence-electron chi connectivity index (χ1n) is 6.36. The molecule has 2 aliphatic heterocycles. The molecule has 0 spiro atoms. The van der Waals surface area contributed by atoms with E-state index in [1.54, 1.807) is 0 Å². The number of ether oxygens (including phenoxy) is 1. The van der Waals surface area contributed by atoms with E-state index >= 15 is 0 Å². The number of nitrogens with one attached hydrogen (secondary N) is 2. The minimum absolute atomic E-state index is 0.0276. The van der Waals surface area contributed by atoms with Gasteiger partial charge in [-0.2, -0.15) is 0 Å². The second-order valence-electron chi connectivity index (χ2n) is 5.00. The fraction of sp³-hybridized carbons (Fsp3) is 0.917. The number of carbonyl (C=O) groups is 1. The lowest BCUT2D eigenvalue weighted by Gasteiger charge is -2.23. The lowest BCUT2D eigenvalue weighted by molar-refractivity contribution is -0.123. The summed E-state index contributed by atoms with van der Waals surface area (Å²) in [6.07, 6.45) is 3.26. The summed E-state index contributed by atoms with van der Waals surface area (Å²) in [5, 5.41) is 6.32. The minimum Gasteiger partial charge on any atom is -0.381 e. The second kappa shape index (κ2) is 5.64. The Kier molecular flexibility index (Phi) is 4.18. The van der Waals surface area contributed by atoms with Crippen molar-refractivity contribution in [3.8, 4) is 0 Å². The third-order valence-electron chi connectivity index (χ3n) is 3.72. The number of amides is 1. The van der Waals surface area contributed by atoms with Crippen molar-refractivity contribution in [2.45, 2.75) is 32.2 Å². The zero-order valence-electron chi connectivity index (χ0n) is 10.00. The molecule has 1 amide bonds. The Morgan fingerprint density at radius 3 is 2.75 bits per heavy atom. The molecule has 0 saturated carbocycles. The van der Waals surface area contributed by atoms with Crippen molar-refractivity contribution in [3.05, 3.63) is 0 Å². The minimum atomic E-state index is 0.0276. The molecule has 16 heavy (non-hydrogen) atoms. The fourth-order valence-corrected chi connectivity index (χ4v) is 2.49. The van der Waals surface area contributed by atoms with E-state index in [0.717, 1.165) is 45.6 Å². The van der Waals surface area contributed by atoms with Gasteiger partial charge in [-0.15, -0.1) is 0 Å². The van der Waals surface area contributed by atoms with E-state index in [2.05, 4.69) is 17.6 Å². The van der Waals surface area contributed by atoms with Crippen molar-refractivity contribution in [2.24, 2.45) is 11.8 Å². The molecule has 0 radical (unpaired) electrons. The van der Waals surface area contributed by atoms with Crippen LogP contribution in [-0.4, -0.2) is 38.3 Å². The smallest absolute Gasteiger partial charge is 0.237 e. The van der Waals surface area contributed by atoms with Gasteiger partial charge in [-0.3, -0.25) is 4.79 Å². The SMILES string of the molecule is CC1CCNC1C(=O)NCC1CCOCC1. The molecule has 2 saturated heterocycles. The maximum atomic E-state index is 11.9. The maximum Gasteiger partial charge on any atom is 0.237 e. The molecule has 2 aliphatic rings. The van der Waals surface area contributed by atoms with Gasteiger partial charge in [0.1, 0.15) is 0 Å². The van der Waals surface area contributed by atoms with Crippen LogP contribution in [0.25, 0.3) is 0 Å². The molecular weight excluding hydrogens is 204 g/mol. The van der Waals surface area contributed by atoms with Crippen LogP contribution in [0, 0.1) is 11.8 Å². The van der Waals surface area contributed by atoms with E-state index in [4.69, 9.17) is 4.74 Å². The molecule has 4 nitrogen and oxygen atoms in total.